The Kier molecular flexibility index (Phi) is 5.12. The Labute approximate surface area is 163 Å². The van der Waals surface area contributed by atoms with Crippen molar-refractivity contribution in [1.82, 2.24) is 34.9 Å². The maximum Gasteiger partial charge on any atom is 0.253 e. The highest BCUT2D eigenvalue weighted by Gasteiger charge is 2.22. The van der Waals surface area contributed by atoms with E-state index in [4.69, 9.17) is 0 Å². The maximum atomic E-state index is 12.8. The number of H-pyrrole nitrogens is 1. The van der Waals surface area contributed by atoms with Gasteiger partial charge in [0.25, 0.3) is 5.91 Å². The van der Waals surface area contributed by atoms with E-state index in [1.54, 1.807) is 6.20 Å². The van der Waals surface area contributed by atoms with Gasteiger partial charge in [-0.25, -0.2) is 9.97 Å². The molecule has 1 N–H and O–H groups in total. The summed E-state index contributed by atoms with van der Waals surface area (Å²) in [5.41, 5.74) is 4.30. The summed E-state index contributed by atoms with van der Waals surface area (Å²) in [4.78, 5) is 30.1. The van der Waals surface area contributed by atoms with Crippen LogP contribution >= 0.6 is 0 Å². The van der Waals surface area contributed by atoms with Crippen LogP contribution in [0.4, 0.5) is 0 Å². The largest absolute Gasteiger partial charge is 0.336 e. The molecule has 3 heterocycles. The van der Waals surface area contributed by atoms with Crippen LogP contribution in [0.1, 0.15) is 27.6 Å². The molecule has 1 saturated heterocycles. The number of carbonyl (C=O) groups excluding carboxylic acids is 1. The average Bonchev–Trinajstić information content (AvgIpc) is 3.23. The number of aryl methyl sites for hydroxylation is 2. The summed E-state index contributed by atoms with van der Waals surface area (Å²) in [5, 5.41) is 6.75. The Balaban J connectivity index is 1.39. The molecule has 0 spiro atoms. The van der Waals surface area contributed by atoms with Gasteiger partial charge < -0.3 is 4.90 Å². The number of amides is 1. The van der Waals surface area contributed by atoms with Crippen LogP contribution in [0.25, 0.3) is 11.3 Å². The van der Waals surface area contributed by atoms with Gasteiger partial charge in [-0.15, -0.1) is 0 Å². The first-order valence-corrected chi connectivity index (χ1v) is 9.37. The van der Waals surface area contributed by atoms with E-state index < -0.39 is 0 Å². The van der Waals surface area contributed by atoms with Crippen molar-refractivity contribution in [1.29, 1.82) is 0 Å². The fraction of sp³-hybridized carbons (Fsp3) is 0.350. The number of nitrogens with zero attached hydrogens (tertiary/aromatic N) is 6. The lowest BCUT2D eigenvalue weighted by Crippen LogP contribution is -2.48. The van der Waals surface area contributed by atoms with Crippen LogP contribution in [-0.4, -0.2) is 67.0 Å². The quantitative estimate of drug-likeness (QED) is 0.746. The van der Waals surface area contributed by atoms with E-state index in [1.165, 1.54) is 6.33 Å². The summed E-state index contributed by atoms with van der Waals surface area (Å²) in [7, 11) is 0. The molecule has 8 heteroatoms. The Bertz CT molecular complexity index is 945. The molecule has 1 aliphatic rings. The lowest BCUT2D eigenvalue weighted by atomic mass is 10.1. The van der Waals surface area contributed by atoms with Gasteiger partial charge in [0.2, 0.25) is 0 Å². The topological polar surface area (TPSA) is 90.9 Å². The van der Waals surface area contributed by atoms with Crippen LogP contribution in [0, 0.1) is 13.8 Å². The first-order chi connectivity index (χ1) is 13.6. The molecule has 1 aliphatic heterocycles. The third kappa shape index (κ3) is 3.91. The number of rotatable bonds is 4. The van der Waals surface area contributed by atoms with Crippen molar-refractivity contribution in [3.05, 3.63) is 59.6 Å². The van der Waals surface area contributed by atoms with Crippen molar-refractivity contribution < 1.29 is 4.79 Å². The normalized spacial score (nSPS) is 15.0. The third-order valence-electron chi connectivity index (χ3n) is 4.98. The summed E-state index contributed by atoms with van der Waals surface area (Å²) in [6.45, 7) is 7.65. The lowest BCUT2D eigenvalue weighted by Gasteiger charge is -2.34. The second-order valence-electron chi connectivity index (χ2n) is 7.02. The van der Waals surface area contributed by atoms with Gasteiger partial charge in [-0.2, -0.15) is 5.10 Å². The molecule has 28 heavy (non-hydrogen) atoms. The number of carbonyl (C=O) groups is 1. The van der Waals surface area contributed by atoms with Gasteiger partial charge in [0.1, 0.15) is 12.2 Å². The molecule has 3 aromatic rings. The van der Waals surface area contributed by atoms with Gasteiger partial charge in [0, 0.05) is 43.5 Å². The Morgan fingerprint density at radius 2 is 1.82 bits per heavy atom. The molecule has 0 aliphatic carbocycles. The molecular formula is C20H23N7O. The second kappa shape index (κ2) is 7.85. The van der Waals surface area contributed by atoms with Crippen molar-refractivity contribution >= 4 is 5.91 Å². The molecule has 0 atom stereocenters. The Morgan fingerprint density at radius 1 is 1.07 bits per heavy atom. The predicted molar refractivity (Wildman–Crippen MR) is 105 cm³/mol. The van der Waals surface area contributed by atoms with Crippen LogP contribution in [0.15, 0.2) is 36.8 Å². The van der Waals surface area contributed by atoms with Gasteiger partial charge in [-0.3, -0.25) is 19.8 Å². The van der Waals surface area contributed by atoms with Crippen molar-refractivity contribution in [2.45, 2.75) is 20.4 Å². The zero-order chi connectivity index (χ0) is 19.5. The fourth-order valence-corrected chi connectivity index (χ4v) is 3.39. The molecule has 1 fully saturated rings. The monoisotopic (exact) mass is 377 g/mol. The number of hydrogen-bond acceptors (Lipinski definition) is 6. The standard InChI is InChI=1S/C20H23N7O/c1-14-11-21-15(2)19(24-14)16-3-5-17(6-4-16)20(28)27-9-7-26(8-10-27)12-18-22-13-23-25-18/h3-6,11,13H,7-10,12H2,1-2H3,(H,22,23,25). The van der Waals surface area contributed by atoms with Gasteiger partial charge in [0.05, 0.1) is 23.6 Å². The minimum Gasteiger partial charge on any atom is -0.336 e. The average molecular weight is 377 g/mol. The summed E-state index contributed by atoms with van der Waals surface area (Å²) in [6, 6.07) is 7.65. The Morgan fingerprint density at radius 3 is 2.50 bits per heavy atom. The smallest absolute Gasteiger partial charge is 0.253 e. The third-order valence-corrected chi connectivity index (χ3v) is 4.98. The minimum atomic E-state index is 0.0675. The molecule has 1 amide bonds. The van der Waals surface area contributed by atoms with E-state index in [0.717, 1.165) is 48.1 Å². The number of aromatic amines is 1. The second-order valence-corrected chi connectivity index (χ2v) is 7.02. The van der Waals surface area contributed by atoms with Crippen molar-refractivity contribution in [3.8, 4) is 11.3 Å². The van der Waals surface area contributed by atoms with E-state index in [1.807, 2.05) is 43.0 Å². The number of piperazine rings is 1. The van der Waals surface area contributed by atoms with Crippen LogP contribution in [0.5, 0.6) is 0 Å². The van der Waals surface area contributed by atoms with Crippen LogP contribution in [0.2, 0.25) is 0 Å². The van der Waals surface area contributed by atoms with Gasteiger partial charge in [0.15, 0.2) is 0 Å². The predicted octanol–water partition coefficient (Wildman–Crippen LogP) is 1.84. The van der Waals surface area contributed by atoms with E-state index in [2.05, 4.69) is 30.0 Å². The number of aromatic nitrogens is 5. The Hall–Kier alpha value is -3.13. The first kappa shape index (κ1) is 18.2. The number of nitrogens with one attached hydrogen (secondary N) is 1. The summed E-state index contributed by atoms with van der Waals surface area (Å²) >= 11 is 0. The highest BCUT2D eigenvalue weighted by Crippen LogP contribution is 2.21. The molecule has 0 unspecified atom stereocenters. The highest BCUT2D eigenvalue weighted by atomic mass is 16.2. The molecule has 4 rings (SSSR count). The molecule has 8 nitrogen and oxygen atoms in total. The molecule has 0 radical (unpaired) electrons. The number of benzene rings is 1. The van der Waals surface area contributed by atoms with E-state index in [0.29, 0.717) is 18.7 Å². The summed E-state index contributed by atoms with van der Waals surface area (Å²) in [6.07, 6.45) is 3.28. The SMILES string of the molecule is Cc1cnc(C)c(-c2ccc(C(=O)N3CCN(Cc4ncn[nH]4)CC3)cc2)n1. The zero-order valence-corrected chi connectivity index (χ0v) is 16.1. The molecular weight excluding hydrogens is 354 g/mol. The summed E-state index contributed by atoms with van der Waals surface area (Å²) in [5.74, 6) is 0.919. The maximum absolute atomic E-state index is 12.8. The zero-order valence-electron chi connectivity index (χ0n) is 16.1. The first-order valence-electron chi connectivity index (χ1n) is 9.37. The van der Waals surface area contributed by atoms with Crippen molar-refractivity contribution in [2.75, 3.05) is 26.2 Å². The van der Waals surface area contributed by atoms with Crippen molar-refractivity contribution in [3.63, 3.8) is 0 Å². The fourth-order valence-electron chi connectivity index (χ4n) is 3.39. The van der Waals surface area contributed by atoms with Gasteiger partial charge >= 0.3 is 0 Å². The molecule has 1 aromatic carbocycles. The van der Waals surface area contributed by atoms with Crippen LogP contribution < -0.4 is 0 Å². The molecule has 2 aromatic heterocycles. The lowest BCUT2D eigenvalue weighted by molar-refractivity contribution is 0.0625. The van der Waals surface area contributed by atoms with E-state index in [-0.39, 0.29) is 5.91 Å². The van der Waals surface area contributed by atoms with Gasteiger partial charge in [-0.1, -0.05) is 12.1 Å². The number of hydrogen-bond donors (Lipinski definition) is 1. The van der Waals surface area contributed by atoms with E-state index in [9.17, 15) is 4.79 Å². The van der Waals surface area contributed by atoms with Crippen molar-refractivity contribution in [2.24, 2.45) is 0 Å². The highest BCUT2D eigenvalue weighted by molar-refractivity contribution is 5.94. The molecule has 144 valence electrons. The molecule has 0 bridgehead atoms. The van der Waals surface area contributed by atoms with Crippen LogP contribution in [-0.2, 0) is 6.54 Å². The van der Waals surface area contributed by atoms with Gasteiger partial charge in [-0.05, 0) is 26.0 Å². The minimum absolute atomic E-state index is 0.0675. The summed E-state index contributed by atoms with van der Waals surface area (Å²) < 4.78 is 0. The van der Waals surface area contributed by atoms with E-state index >= 15 is 0 Å². The molecule has 0 saturated carbocycles. The van der Waals surface area contributed by atoms with Crippen LogP contribution in [0.3, 0.4) is 0 Å².